The van der Waals surface area contributed by atoms with Gasteiger partial charge in [0.25, 0.3) is 0 Å². The van der Waals surface area contributed by atoms with Crippen LogP contribution in [0.2, 0.25) is 0 Å². The fraction of sp³-hybridized carbons (Fsp3) is 0.571. The lowest BCUT2D eigenvalue weighted by atomic mass is 9.48. The van der Waals surface area contributed by atoms with Gasteiger partial charge in [-0.1, -0.05) is 30.0 Å². The van der Waals surface area contributed by atoms with Crippen molar-refractivity contribution in [2.75, 3.05) is 0 Å². The molecule has 0 aromatic heterocycles. The summed E-state index contributed by atoms with van der Waals surface area (Å²) in [5, 5.41) is 0. The van der Waals surface area contributed by atoms with Crippen molar-refractivity contribution < 1.29 is 4.79 Å². The van der Waals surface area contributed by atoms with E-state index in [1.165, 1.54) is 38.5 Å². The van der Waals surface area contributed by atoms with Gasteiger partial charge >= 0.3 is 0 Å². The van der Waals surface area contributed by atoms with Gasteiger partial charge < -0.3 is 0 Å². The third kappa shape index (κ3) is 2.60. The molecule has 1 aromatic carbocycles. The van der Waals surface area contributed by atoms with Crippen LogP contribution in [0, 0.1) is 35.0 Å². The van der Waals surface area contributed by atoms with E-state index in [-0.39, 0.29) is 5.41 Å². The maximum atomic E-state index is 12.8. The number of ketones is 1. The van der Waals surface area contributed by atoms with E-state index < -0.39 is 0 Å². The van der Waals surface area contributed by atoms with E-state index in [1.807, 2.05) is 30.3 Å². The van der Waals surface area contributed by atoms with Crippen LogP contribution in [0.5, 0.6) is 0 Å². The molecule has 0 radical (unpaired) electrons. The fourth-order valence-electron chi connectivity index (χ4n) is 5.58. The van der Waals surface area contributed by atoms with Crippen LogP contribution in [-0.2, 0) is 4.79 Å². The van der Waals surface area contributed by atoms with Gasteiger partial charge in [0.05, 0.1) is 0 Å². The van der Waals surface area contributed by atoms with Crippen LogP contribution < -0.4 is 0 Å². The highest BCUT2D eigenvalue weighted by molar-refractivity contribution is 5.85. The molecule has 22 heavy (non-hydrogen) atoms. The molecule has 1 nitrogen and oxygen atoms in total. The maximum absolute atomic E-state index is 12.8. The summed E-state index contributed by atoms with van der Waals surface area (Å²) in [6, 6.07) is 10.1. The van der Waals surface area contributed by atoms with Crippen LogP contribution in [0.4, 0.5) is 0 Å². The molecule has 0 amide bonds. The Hall–Kier alpha value is -1.55. The highest BCUT2D eigenvalue weighted by Crippen LogP contribution is 2.60. The van der Waals surface area contributed by atoms with E-state index in [0.29, 0.717) is 12.2 Å². The summed E-state index contributed by atoms with van der Waals surface area (Å²) in [7, 11) is 0. The number of hydrogen-bond acceptors (Lipinski definition) is 1. The van der Waals surface area contributed by atoms with Crippen molar-refractivity contribution in [3.63, 3.8) is 0 Å². The van der Waals surface area contributed by atoms with Crippen molar-refractivity contribution >= 4 is 5.78 Å². The summed E-state index contributed by atoms with van der Waals surface area (Å²) in [5.74, 6) is 9.44. The van der Waals surface area contributed by atoms with Crippen molar-refractivity contribution in [3.8, 4) is 11.8 Å². The number of benzene rings is 1. The predicted molar refractivity (Wildman–Crippen MR) is 88.2 cm³/mol. The number of hydrogen-bond donors (Lipinski definition) is 0. The molecule has 0 spiro atoms. The Morgan fingerprint density at radius 3 is 2.18 bits per heavy atom. The Morgan fingerprint density at radius 2 is 1.59 bits per heavy atom. The summed E-state index contributed by atoms with van der Waals surface area (Å²) in [4.78, 5) is 12.8. The molecule has 114 valence electrons. The summed E-state index contributed by atoms with van der Waals surface area (Å²) in [6.45, 7) is 0. The Labute approximate surface area is 133 Å². The zero-order chi connectivity index (χ0) is 15.0. The smallest absolute Gasteiger partial charge is 0.140 e. The van der Waals surface area contributed by atoms with Gasteiger partial charge in [-0.3, -0.25) is 4.79 Å². The summed E-state index contributed by atoms with van der Waals surface area (Å²) in [6.07, 6.45) is 9.14. The Morgan fingerprint density at radius 1 is 1.00 bits per heavy atom. The average Bonchev–Trinajstić information content (AvgIpc) is 2.51. The largest absolute Gasteiger partial charge is 0.299 e. The van der Waals surface area contributed by atoms with Gasteiger partial charge in [0.2, 0.25) is 0 Å². The standard InChI is InChI=1S/C21H24O/c22-20(9-5-4-8-16-6-2-1-3-7-16)21-13-17-10-18(14-21)12-19(11-17)15-21/h1-3,6-7,17-19H,5,9-15H2. The van der Waals surface area contributed by atoms with E-state index in [2.05, 4.69) is 11.8 Å². The molecule has 4 saturated carbocycles. The molecule has 1 aromatic rings. The van der Waals surface area contributed by atoms with Crippen molar-refractivity contribution in [3.05, 3.63) is 35.9 Å². The first kappa shape index (κ1) is 14.1. The van der Waals surface area contributed by atoms with Gasteiger partial charge in [0.1, 0.15) is 5.78 Å². The number of rotatable bonds is 3. The highest BCUT2D eigenvalue weighted by Gasteiger charge is 2.53. The zero-order valence-electron chi connectivity index (χ0n) is 13.2. The molecule has 5 rings (SSSR count). The molecule has 0 atom stereocenters. The number of Topliss-reactive ketones (excluding diaryl/α,β-unsaturated/α-hetero) is 1. The highest BCUT2D eigenvalue weighted by atomic mass is 16.1. The lowest BCUT2D eigenvalue weighted by molar-refractivity contribution is -0.143. The van der Waals surface area contributed by atoms with E-state index >= 15 is 0 Å². The summed E-state index contributed by atoms with van der Waals surface area (Å²) in [5.41, 5.74) is 1.10. The van der Waals surface area contributed by atoms with Crippen LogP contribution in [0.3, 0.4) is 0 Å². The SMILES string of the molecule is O=C(CCC#Cc1ccccc1)C12CC3CC(CC(C3)C1)C2. The molecule has 4 bridgehead atoms. The molecular formula is C21H24O. The summed E-state index contributed by atoms with van der Waals surface area (Å²) < 4.78 is 0. The average molecular weight is 292 g/mol. The van der Waals surface area contributed by atoms with Crippen molar-refractivity contribution in [2.45, 2.75) is 51.4 Å². The molecule has 4 aliphatic carbocycles. The quantitative estimate of drug-likeness (QED) is 0.744. The first-order chi connectivity index (χ1) is 10.7. The zero-order valence-corrected chi connectivity index (χ0v) is 13.2. The molecular weight excluding hydrogens is 268 g/mol. The molecule has 4 fully saturated rings. The first-order valence-electron chi connectivity index (χ1n) is 8.81. The van der Waals surface area contributed by atoms with Crippen molar-refractivity contribution in [1.29, 1.82) is 0 Å². The van der Waals surface area contributed by atoms with Gasteiger partial charge in [0, 0.05) is 23.8 Å². The second kappa shape index (κ2) is 5.58. The Kier molecular flexibility index (Phi) is 3.57. The van der Waals surface area contributed by atoms with Crippen LogP contribution >= 0.6 is 0 Å². The van der Waals surface area contributed by atoms with Crippen molar-refractivity contribution in [2.24, 2.45) is 23.2 Å². The molecule has 1 heteroatoms. The minimum atomic E-state index is 0.0587. The van der Waals surface area contributed by atoms with E-state index in [1.54, 1.807) is 0 Å². The molecule has 0 heterocycles. The normalized spacial score (nSPS) is 35.0. The number of carbonyl (C=O) groups is 1. The van der Waals surface area contributed by atoms with E-state index in [4.69, 9.17) is 0 Å². The predicted octanol–water partition coefficient (Wildman–Crippen LogP) is 4.60. The van der Waals surface area contributed by atoms with Gasteiger partial charge in [0.15, 0.2) is 0 Å². The first-order valence-corrected chi connectivity index (χ1v) is 8.81. The molecule has 0 unspecified atom stereocenters. The fourth-order valence-corrected chi connectivity index (χ4v) is 5.58. The van der Waals surface area contributed by atoms with Gasteiger partial charge in [-0.05, 0) is 68.4 Å². The van der Waals surface area contributed by atoms with Crippen LogP contribution in [0.1, 0.15) is 56.9 Å². The minimum absolute atomic E-state index is 0.0587. The second-order valence-electron chi connectivity index (χ2n) is 7.79. The maximum Gasteiger partial charge on any atom is 0.140 e. The molecule has 0 saturated heterocycles. The second-order valence-corrected chi connectivity index (χ2v) is 7.79. The van der Waals surface area contributed by atoms with E-state index in [9.17, 15) is 4.79 Å². The summed E-state index contributed by atoms with van der Waals surface area (Å²) >= 11 is 0. The van der Waals surface area contributed by atoms with Crippen LogP contribution in [0.25, 0.3) is 0 Å². The lowest BCUT2D eigenvalue weighted by Gasteiger charge is -2.56. The Bertz CT molecular complexity index is 581. The minimum Gasteiger partial charge on any atom is -0.299 e. The monoisotopic (exact) mass is 292 g/mol. The van der Waals surface area contributed by atoms with Gasteiger partial charge in [-0.15, -0.1) is 0 Å². The van der Waals surface area contributed by atoms with Crippen LogP contribution in [0.15, 0.2) is 30.3 Å². The van der Waals surface area contributed by atoms with Gasteiger partial charge in [-0.25, -0.2) is 0 Å². The van der Waals surface area contributed by atoms with Gasteiger partial charge in [-0.2, -0.15) is 0 Å². The third-order valence-corrected chi connectivity index (χ3v) is 6.11. The van der Waals surface area contributed by atoms with E-state index in [0.717, 1.165) is 29.7 Å². The molecule has 4 aliphatic rings. The lowest BCUT2D eigenvalue weighted by Crippen LogP contribution is -2.49. The Balaban J connectivity index is 1.38. The molecule has 0 aliphatic heterocycles. The number of carbonyl (C=O) groups excluding carboxylic acids is 1. The van der Waals surface area contributed by atoms with Crippen LogP contribution in [-0.4, -0.2) is 5.78 Å². The van der Waals surface area contributed by atoms with Crippen molar-refractivity contribution in [1.82, 2.24) is 0 Å². The molecule has 0 N–H and O–H groups in total. The topological polar surface area (TPSA) is 17.1 Å². The third-order valence-electron chi connectivity index (χ3n) is 6.11.